The van der Waals surface area contributed by atoms with Crippen LogP contribution in [0.4, 0.5) is 27.5 Å². The van der Waals surface area contributed by atoms with Crippen molar-refractivity contribution >= 4 is 124 Å². The highest BCUT2D eigenvalue weighted by atomic mass is 35.5. The van der Waals surface area contributed by atoms with E-state index < -0.39 is 31.8 Å². The summed E-state index contributed by atoms with van der Waals surface area (Å²) >= 11 is 24.8. The Kier molecular flexibility index (Phi) is 16.8. The van der Waals surface area contributed by atoms with Gasteiger partial charge in [0.15, 0.2) is 19.9 Å². The number of nitrogens with one attached hydrogen (secondary N) is 2. The van der Waals surface area contributed by atoms with Crippen molar-refractivity contribution in [2.24, 2.45) is 4.99 Å². The quantitative estimate of drug-likeness (QED) is 0.0918. The molecule has 0 aliphatic heterocycles. The van der Waals surface area contributed by atoms with Crippen LogP contribution in [-0.4, -0.2) is 76.0 Å². The van der Waals surface area contributed by atoms with Gasteiger partial charge in [0.05, 0.1) is 42.8 Å². The van der Waals surface area contributed by atoms with Gasteiger partial charge in [-0.15, -0.1) is 22.7 Å². The number of aliphatic imine (C=N–C) groups is 1. The zero-order chi connectivity index (χ0) is 36.6. The van der Waals surface area contributed by atoms with Crippen molar-refractivity contribution in [3.05, 3.63) is 67.2 Å². The van der Waals surface area contributed by atoms with Gasteiger partial charge < -0.3 is 26.6 Å². The Balaban J connectivity index is 0.000000404. The molecule has 14 nitrogen and oxygen atoms in total. The molecular weight excluding hydrogens is 806 g/mol. The standard InChI is InChI=1S/C13H13Cl2N3O4S2.C7H3Cl2NO.C6H10N2O3S2.CH4/c1-18(2)24(21,22)12-11(19)9(6-23-12)17-13(20)16-8-5-3-4-7(14)10(8)15;8-5-2-1-3-6(7(5)9)10-4-11;1-8(2)13(10,11)6-5(9)4(7)3-12-6;/h3-6,19H,1-2H3,(H2,16,17,20);1-3H;3,9H,7H2,1-2H3;1H4. The lowest BCUT2D eigenvalue weighted by molar-refractivity contribution is 0.262. The summed E-state index contributed by atoms with van der Waals surface area (Å²) in [7, 11) is -1.89. The number of amides is 2. The number of urea groups is 1. The Hall–Kier alpha value is -3.13. The first-order valence-electron chi connectivity index (χ1n) is 12.5. The zero-order valence-corrected chi connectivity index (χ0v) is 31.3. The van der Waals surface area contributed by atoms with E-state index in [1.807, 2.05) is 0 Å². The van der Waals surface area contributed by atoms with E-state index in [1.54, 1.807) is 36.4 Å². The van der Waals surface area contributed by atoms with Gasteiger partial charge in [-0.05, 0) is 24.3 Å². The molecule has 6 N–H and O–H groups in total. The Bertz CT molecular complexity index is 2050. The van der Waals surface area contributed by atoms with Crippen LogP contribution in [0.15, 0.2) is 60.6 Å². The zero-order valence-electron chi connectivity index (χ0n) is 25.0. The molecule has 268 valence electrons. The second kappa shape index (κ2) is 18.7. The minimum absolute atomic E-state index is 0. The Morgan fingerprint density at radius 1 is 0.796 bits per heavy atom. The highest BCUT2D eigenvalue weighted by molar-refractivity contribution is 7.91. The van der Waals surface area contributed by atoms with Crippen LogP contribution in [0.1, 0.15) is 7.43 Å². The molecule has 0 bridgehead atoms. The van der Waals surface area contributed by atoms with Crippen molar-refractivity contribution in [2.75, 3.05) is 44.6 Å². The number of benzene rings is 2. The molecule has 0 aliphatic carbocycles. The summed E-state index contributed by atoms with van der Waals surface area (Å²) < 4.78 is 48.7. The minimum atomic E-state index is -3.80. The van der Waals surface area contributed by atoms with E-state index in [2.05, 4.69) is 15.6 Å². The number of nitrogens with two attached hydrogens (primary N) is 1. The number of hydrogen-bond donors (Lipinski definition) is 5. The van der Waals surface area contributed by atoms with Crippen LogP contribution in [0.25, 0.3) is 0 Å². The molecule has 0 saturated carbocycles. The van der Waals surface area contributed by atoms with E-state index in [0.717, 1.165) is 31.3 Å². The van der Waals surface area contributed by atoms with Gasteiger partial charge in [-0.25, -0.2) is 35.0 Å². The van der Waals surface area contributed by atoms with Crippen LogP contribution in [0, 0.1) is 0 Å². The fourth-order valence-corrected chi connectivity index (χ4v) is 8.38. The molecule has 0 radical (unpaired) electrons. The lowest BCUT2D eigenvalue weighted by atomic mass is 10.3. The number of thiophene rings is 2. The van der Waals surface area contributed by atoms with Gasteiger partial charge in [0.2, 0.25) is 6.08 Å². The van der Waals surface area contributed by atoms with Gasteiger partial charge in [-0.3, -0.25) is 0 Å². The third-order valence-electron chi connectivity index (χ3n) is 5.47. The van der Waals surface area contributed by atoms with Gasteiger partial charge in [-0.2, -0.15) is 4.99 Å². The van der Waals surface area contributed by atoms with E-state index in [-0.39, 0.29) is 53.7 Å². The molecule has 0 atom stereocenters. The predicted octanol–water partition coefficient (Wildman–Crippen LogP) is 7.54. The fourth-order valence-electron chi connectivity index (χ4n) is 2.97. The Morgan fingerprint density at radius 3 is 1.76 bits per heavy atom. The number of sulfonamides is 2. The van der Waals surface area contributed by atoms with Crippen molar-refractivity contribution in [1.29, 1.82) is 0 Å². The van der Waals surface area contributed by atoms with Crippen LogP contribution in [0.3, 0.4) is 0 Å². The number of aromatic hydroxyl groups is 2. The molecule has 0 spiro atoms. The number of halogens is 4. The molecule has 22 heteroatoms. The molecule has 0 unspecified atom stereocenters. The molecular formula is C27H30Cl4N6O8S4. The largest absolute Gasteiger partial charge is 0.504 e. The summed E-state index contributed by atoms with van der Waals surface area (Å²) in [4.78, 5) is 25.2. The number of hydrogen-bond acceptors (Lipinski definition) is 12. The number of carbonyl (C=O) groups excluding carboxylic acids is 2. The summed E-state index contributed by atoms with van der Waals surface area (Å²) in [6.07, 6.45) is 1.38. The second-order valence-corrected chi connectivity index (χ2v) is 17.2. The van der Waals surface area contributed by atoms with Crippen molar-refractivity contribution in [3.63, 3.8) is 0 Å². The summed E-state index contributed by atoms with van der Waals surface area (Å²) in [6, 6.07) is 8.87. The van der Waals surface area contributed by atoms with E-state index in [9.17, 15) is 36.6 Å². The van der Waals surface area contributed by atoms with Crippen LogP contribution in [-0.2, 0) is 24.8 Å². The van der Waals surface area contributed by atoms with Crippen LogP contribution in [0.5, 0.6) is 11.5 Å². The smallest absolute Gasteiger partial charge is 0.323 e. The first-order valence-corrected chi connectivity index (χ1v) is 18.7. The molecule has 2 amide bonds. The highest BCUT2D eigenvalue weighted by Crippen LogP contribution is 2.39. The summed E-state index contributed by atoms with van der Waals surface area (Å²) in [5, 5.41) is 28.0. The van der Waals surface area contributed by atoms with Crippen molar-refractivity contribution in [3.8, 4) is 11.5 Å². The maximum Gasteiger partial charge on any atom is 0.323 e. The van der Waals surface area contributed by atoms with Gasteiger partial charge in [-0.1, -0.05) is 66.0 Å². The molecule has 0 aliphatic rings. The number of rotatable bonds is 7. The van der Waals surface area contributed by atoms with E-state index >= 15 is 0 Å². The monoisotopic (exact) mass is 834 g/mol. The van der Waals surface area contributed by atoms with Gasteiger partial charge in [0.25, 0.3) is 20.0 Å². The molecule has 0 fully saturated rings. The Morgan fingerprint density at radius 2 is 1.27 bits per heavy atom. The van der Waals surface area contributed by atoms with Crippen molar-refractivity contribution in [1.82, 2.24) is 8.61 Å². The van der Waals surface area contributed by atoms with Gasteiger partial charge in [0, 0.05) is 39.0 Å². The molecule has 4 aromatic rings. The lowest BCUT2D eigenvalue weighted by Gasteiger charge is -2.11. The number of anilines is 3. The third-order valence-corrected chi connectivity index (χ3v) is 13.7. The first-order chi connectivity index (χ1) is 22.3. The van der Waals surface area contributed by atoms with Crippen molar-refractivity contribution < 1.29 is 36.6 Å². The molecule has 2 aromatic carbocycles. The van der Waals surface area contributed by atoms with Gasteiger partial charge in [0.1, 0.15) is 0 Å². The van der Waals surface area contributed by atoms with Crippen LogP contribution < -0.4 is 16.4 Å². The average molecular weight is 837 g/mol. The molecule has 0 saturated heterocycles. The normalized spacial score (nSPS) is 10.9. The summed E-state index contributed by atoms with van der Waals surface area (Å²) in [5.74, 6) is -0.889. The molecule has 4 rings (SSSR count). The first kappa shape index (κ1) is 43.9. The second-order valence-electron chi connectivity index (χ2n) is 9.14. The number of nitrogen functional groups attached to an aromatic ring is 1. The Labute approximate surface area is 311 Å². The molecule has 2 heterocycles. The highest BCUT2D eigenvalue weighted by Gasteiger charge is 2.27. The van der Waals surface area contributed by atoms with Crippen LogP contribution in [0.2, 0.25) is 20.1 Å². The van der Waals surface area contributed by atoms with Crippen LogP contribution >= 0.6 is 69.1 Å². The number of carbonyl (C=O) groups is 1. The maximum absolute atomic E-state index is 12.0. The summed E-state index contributed by atoms with van der Waals surface area (Å²) in [6.45, 7) is 0. The minimum Gasteiger partial charge on any atom is -0.504 e. The fraction of sp³-hybridized carbons (Fsp3) is 0.185. The number of isocyanates is 1. The topological polar surface area (TPSA) is 212 Å². The predicted molar refractivity (Wildman–Crippen MR) is 198 cm³/mol. The summed E-state index contributed by atoms with van der Waals surface area (Å²) in [5.41, 5.74) is 5.99. The SMILES string of the molecule is C.CN(C)S(=O)(=O)c1scc(N)c1O.CN(C)S(=O)(=O)c1scc(NC(=O)Nc2cccc(Cl)c2Cl)c1O.O=C=Nc1cccc(Cl)c1Cl. The molecule has 49 heavy (non-hydrogen) atoms. The molecule has 2 aromatic heterocycles. The average Bonchev–Trinajstić information content (AvgIpc) is 3.55. The van der Waals surface area contributed by atoms with E-state index in [1.165, 1.54) is 45.0 Å². The van der Waals surface area contributed by atoms with E-state index in [4.69, 9.17) is 52.1 Å². The maximum atomic E-state index is 12.0. The van der Waals surface area contributed by atoms with E-state index in [0.29, 0.717) is 10.7 Å². The third kappa shape index (κ3) is 11.2. The van der Waals surface area contributed by atoms with Crippen molar-refractivity contribution in [2.45, 2.75) is 15.8 Å². The number of nitrogens with zero attached hydrogens (tertiary/aromatic N) is 3. The van der Waals surface area contributed by atoms with Gasteiger partial charge >= 0.3 is 6.03 Å². The lowest BCUT2D eigenvalue weighted by Crippen LogP contribution is -2.21.